The molecule has 0 aliphatic carbocycles. The van der Waals surface area contributed by atoms with Crippen molar-refractivity contribution in [3.63, 3.8) is 0 Å². The van der Waals surface area contributed by atoms with Crippen LogP contribution in [0, 0.1) is 5.92 Å². The third kappa shape index (κ3) is 9.10. The Bertz CT molecular complexity index is 204. The van der Waals surface area contributed by atoms with E-state index in [4.69, 9.17) is 9.05 Å². The fourth-order valence-corrected chi connectivity index (χ4v) is 2.57. The van der Waals surface area contributed by atoms with Gasteiger partial charge in [0.15, 0.2) is 0 Å². The van der Waals surface area contributed by atoms with E-state index in [1.165, 1.54) is 0 Å². The molecule has 0 aliphatic rings. The molecule has 0 aromatic heterocycles. The minimum Gasteiger partial charge on any atom is -0.308 e. The highest BCUT2D eigenvalue weighted by atomic mass is 31.2. The summed E-state index contributed by atoms with van der Waals surface area (Å²) in [6.45, 7) is 10.2. The van der Waals surface area contributed by atoms with Crippen molar-refractivity contribution in [3.8, 4) is 0 Å². The van der Waals surface area contributed by atoms with Crippen LogP contribution in [-0.2, 0) is 13.6 Å². The first-order chi connectivity index (χ1) is 6.87. The Kier molecular flexibility index (Phi) is 7.50. The monoisotopic (exact) mass is 236 g/mol. The van der Waals surface area contributed by atoms with E-state index in [1.54, 1.807) is 6.66 Å². The summed E-state index contributed by atoms with van der Waals surface area (Å²) >= 11 is 0. The standard InChI is InChI=1S/C11H25O3P/c1-6-7-8-11(4)14-15(5,12)13-9-10(2)3/h10-11H,6-9H2,1-5H3. The summed E-state index contributed by atoms with van der Waals surface area (Å²) in [6.07, 6.45) is 3.20. The van der Waals surface area contributed by atoms with E-state index in [1.807, 2.05) is 20.8 Å². The van der Waals surface area contributed by atoms with Crippen molar-refractivity contribution in [3.05, 3.63) is 0 Å². The van der Waals surface area contributed by atoms with Gasteiger partial charge in [0, 0.05) is 6.66 Å². The Hall–Kier alpha value is 0.150. The molecular formula is C11H25O3P. The maximum atomic E-state index is 11.8. The molecular weight excluding hydrogens is 211 g/mol. The van der Waals surface area contributed by atoms with Gasteiger partial charge in [-0.05, 0) is 19.3 Å². The van der Waals surface area contributed by atoms with Crippen molar-refractivity contribution in [2.24, 2.45) is 5.92 Å². The molecule has 0 amide bonds. The zero-order chi connectivity index (χ0) is 11.9. The normalized spacial score (nSPS) is 17.7. The highest BCUT2D eigenvalue weighted by Gasteiger charge is 2.20. The van der Waals surface area contributed by atoms with E-state index < -0.39 is 7.60 Å². The lowest BCUT2D eigenvalue weighted by molar-refractivity contribution is 0.144. The van der Waals surface area contributed by atoms with Crippen LogP contribution >= 0.6 is 7.60 Å². The van der Waals surface area contributed by atoms with Gasteiger partial charge in [0.05, 0.1) is 12.7 Å². The quantitative estimate of drug-likeness (QED) is 0.596. The SMILES string of the molecule is CCCCC(C)OP(C)(=O)OCC(C)C. The summed E-state index contributed by atoms with van der Waals surface area (Å²) in [5.41, 5.74) is 0. The van der Waals surface area contributed by atoms with Gasteiger partial charge >= 0.3 is 7.60 Å². The van der Waals surface area contributed by atoms with Crippen LogP contribution in [0.25, 0.3) is 0 Å². The Labute approximate surface area is 94.1 Å². The molecule has 3 nitrogen and oxygen atoms in total. The van der Waals surface area contributed by atoms with Crippen LogP contribution in [0.2, 0.25) is 0 Å². The second kappa shape index (κ2) is 7.43. The fourth-order valence-electron chi connectivity index (χ4n) is 1.19. The van der Waals surface area contributed by atoms with Crippen molar-refractivity contribution < 1.29 is 13.6 Å². The Morgan fingerprint density at radius 1 is 1.27 bits per heavy atom. The molecule has 4 heteroatoms. The molecule has 0 spiro atoms. The van der Waals surface area contributed by atoms with E-state index in [9.17, 15) is 4.57 Å². The minimum absolute atomic E-state index is 0.0212. The first-order valence-corrected chi connectivity index (χ1v) is 7.76. The largest absolute Gasteiger partial charge is 0.327 e. The van der Waals surface area contributed by atoms with Crippen LogP contribution in [-0.4, -0.2) is 19.4 Å². The average molecular weight is 236 g/mol. The van der Waals surface area contributed by atoms with E-state index in [0.29, 0.717) is 12.5 Å². The summed E-state index contributed by atoms with van der Waals surface area (Å²) in [4.78, 5) is 0. The molecule has 0 bridgehead atoms. The smallest absolute Gasteiger partial charge is 0.308 e. The van der Waals surface area contributed by atoms with Crippen molar-refractivity contribution in [1.29, 1.82) is 0 Å². The summed E-state index contributed by atoms with van der Waals surface area (Å²) < 4.78 is 22.5. The van der Waals surface area contributed by atoms with E-state index in [0.717, 1.165) is 19.3 Å². The van der Waals surface area contributed by atoms with Gasteiger partial charge in [-0.1, -0.05) is 33.6 Å². The second-order valence-corrected chi connectivity index (χ2v) is 6.53. The molecule has 2 unspecified atom stereocenters. The predicted octanol–water partition coefficient (Wildman–Crippen LogP) is 4.08. The molecule has 0 heterocycles. The molecule has 0 aromatic rings. The molecule has 0 N–H and O–H groups in total. The van der Waals surface area contributed by atoms with Gasteiger partial charge in [-0.25, -0.2) is 0 Å². The number of rotatable bonds is 8. The van der Waals surface area contributed by atoms with Gasteiger partial charge in [-0.15, -0.1) is 0 Å². The van der Waals surface area contributed by atoms with Crippen LogP contribution in [0.1, 0.15) is 47.0 Å². The van der Waals surface area contributed by atoms with Gasteiger partial charge < -0.3 is 9.05 Å². The molecule has 0 rings (SSSR count). The first kappa shape index (κ1) is 15.2. The highest BCUT2D eigenvalue weighted by Crippen LogP contribution is 2.46. The van der Waals surface area contributed by atoms with Gasteiger partial charge in [0.2, 0.25) is 0 Å². The van der Waals surface area contributed by atoms with Gasteiger partial charge in [0.1, 0.15) is 0 Å². The van der Waals surface area contributed by atoms with E-state index in [2.05, 4.69) is 6.92 Å². The Balaban J connectivity index is 3.85. The Morgan fingerprint density at radius 3 is 2.33 bits per heavy atom. The molecule has 0 saturated carbocycles. The van der Waals surface area contributed by atoms with Crippen LogP contribution in [0.4, 0.5) is 0 Å². The number of hydrogen-bond donors (Lipinski definition) is 0. The fraction of sp³-hybridized carbons (Fsp3) is 1.00. The Morgan fingerprint density at radius 2 is 1.87 bits per heavy atom. The molecule has 0 fully saturated rings. The van der Waals surface area contributed by atoms with Crippen molar-refractivity contribution >= 4 is 7.60 Å². The van der Waals surface area contributed by atoms with Crippen molar-refractivity contribution in [2.75, 3.05) is 13.3 Å². The van der Waals surface area contributed by atoms with Crippen molar-refractivity contribution in [1.82, 2.24) is 0 Å². The topological polar surface area (TPSA) is 35.5 Å². The molecule has 0 saturated heterocycles. The summed E-state index contributed by atoms with van der Waals surface area (Å²) in [6, 6.07) is 0. The molecule has 0 radical (unpaired) electrons. The summed E-state index contributed by atoms with van der Waals surface area (Å²) in [5, 5.41) is 0. The maximum Gasteiger partial charge on any atom is 0.327 e. The lowest BCUT2D eigenvalue weighted by Crippen LogP contribution is -2.09. The molecule has 92 valence electrons. The molecule has 0 aromatic carbocycles. The van der Waals surface area contributed by atoms with Crippen LogP contribution < -0.4 is 0 Å². The number of hydrogen-bond acceptors (Lipinski definition) is 3. The van der Waals surface area contributed by atoms with Crippen LogP contribution in [0.5, 0.6) is 0 Å². The maximum absolute atomic E-state index is 11.8. The summed E-state index contributed by atoms with van der Waals surface area (Å²) in [5.74, 6) is 0.382. The van der Waals surface area contributed by atoms with Gasteiger partial charge in [-0.2, -0.15) is 0 Å². The minimum atomic E-state index is -2.84. The van der Waals surface area contributed by atoms with Gasteiger partial charge in [0.25, 0.3) is 0 Å². The molecule has 15 heavy (non-hydrogen) atoms. The third-order valence-electron chi connectivity index (χ3n) is 1.98. The zero-order valence-corrected chi connectivity index (χ0v) is 11.5. The lowest BCUT2D eigenvalue weighted by atomic mass is 10.2. The second-order valence-electron chi connectivity index (χ2n) is 4.52. The molecule has 0 aliphatic heterocycles. The van der Waals surface area contributed by atoms with Crippen molar-refractivity contribution in [2.45, 2.75) is 53.1 Å². The first-order valence-electron chi connectivity index (χ1n) is 5.77. The number of unbranched alkanes of at least 4 members (excludes halogenated alkanes) is 1. The lowest BCUT2D eigenvalue weighted by Gasteiger charge is -2.20. The van der Waals surface area contributed by atoms with Gasteiger partial charge in [-0.3, -0.25) is 4.57 Å². The highest BCUT2D eigenvalue weighted by molar-refractivity contribution is 7.53. The zero-order valence-electron chi connectivity index (χ0n) is 10.7. The van der Waals surface area contributed by atoms with E-state index in [-0.39, 0.29) is 6.10 Å². The van der Waals surface area contributed by atoms with Crippen LogP contribution in [0.15, 0.2) is 0 Å². The van der Waals surface area contributed by atoms with Crippen LogP contribution in [0.3, 0.4) is 0 Å². The van der Waals surface area contributed by atoms with E-state index >= 15 is 0 Å². The predicted molar refractivity (Wildman–Crippen MR) is 64.4 cm³/mol. The third-order valence-corrected chi connectivity index (χ3v) is 3.34. The molecule has 2 atom stereocenters. The average Bonchev–Trinajstić information content (AvgIpc) is 2.11. The summed E-state index contributed by atoms with van der Waals surface area (Å²) in [7, 11) is -2.84.